The molecule has 2 nitrogen and oxygen atoms in total. The Labute approximate surface area is 105 Å². The first-order valence-electron chi connectivity index (χ1n) is 5.26. The Morgan fingerprint density at radius 2 is 2.00 bits per heavy atom. The van der Waals surface area contributed by atoms with Crippen molar-refractivity contribution in [3.8, 4) is 5.75 Å². The molecule has 0 aromatic heterocycles. The summed E-state index contributed by atoms with van der Waals surface area (Å²) in [6.45, 7) is 0. The number of alkyl halides is 3. The van der Waals surface area contributed by atoms with Crippen molar-refractivity contribution < 1.29 is 17.9 Å². The molecule has 2 rings (SSSR count). The molecule has 0 bridgehead atoms. The maximum Gasteiger partial charge on any atom is 0.573 e. The zero-order chi connectivity index (χ0) is 12.5. The van der Waals surface area contributed by atoms with E-state index in [9.17, 15) is 13.2 Å². The third kappa shape index (κ3) is 3.52. The van der Waals surface area contributed by atoms with Crippen LogP contribution in [0.25, 0.3) is 0 Å². The van der Waals surface area contributed by atoms with E-state index in [-0.39, 0.29) is 5.75 Å². The standard InChI is InChI=1S/C11H11BrF3NO/c12-9-5-4-8(17-11(13,14)15)6-10(9)16-7-2-1-3-7/h4-7,16H,1-3H2. The molecular formula is C11H11BrF3NO. The Balaban J connectivity index is 2.10. The Kier molecular flexibility index (Phi) is 3.51. The minimum absolute atomic E-state index is 0.206. The molecule has 0 aliphatic heterocycles. The molecule has 6 heteroatoms. The molecule has 1 N–H and O–H groups in total. The second kappa shape index (κ2) is 4.76. The third-order valence-corrected chi connectivity index (χ3v) is 3.33. The van der Waals surface area contributed by atoms with Gasteiger partial charge in [0.2, 0.25) is 0 Å². The van der Waals surface area contributed by atoms with Gasteiger partial charge in [-0.3, -0.25) is 0 Å². The Bertz CT molecular complexity index is 404. The highest BCUT2D eigenvalue weighted by Gasteiger charge is 2.31. The summed E-state index contributed by atoms with van der Waals surface area (Å²) in [7, 11) is 0. The van der Waals surface area contributed by atoms with Gasteiger partial charge in [-0.15, -0.1) is 13.2 Å². The average molecular weight is 310 g/mol. The molecule has 1 fully saturated rings. The van der Waals surface area contributed by atoms with Crippen LogP contribution >= 0.6 is 15.9 Å². The van der Waals surface area contributed by atoms with Crippen LogP contribution < -0.4 is 10.1 Å². The van der Waals surface area contributed by atoms with Gasteiger partial charge in [-0.25, -0.2) is 0 Å². The van der Waals surface area contributed by atoms with Gasteiger partial charge in [0.25, 0.3) is 0 Å². The van der Waals surface area contributed by atoms with Crippen molar-refractivity contribution in [2.75, 3.05) is 5.32 Å². The van der Waals surface area contributed by atoms with E-state index in [0.29, 0.717) is 11.7 Å². The Hall–Kier alpha value is -0.910. The second-order valence-electron chi connectivity index (χ2n) is 3.96. The van der Waals surface area contributed by atoms with Gasteiger partial charge in [0.05, 0.1) is 5.69 Å². The first-order chi connectivity index (χ1) is 7.94. The van der Waals surface area contributed by atoms with Gasteiger partial charge >= 0.3 is 6.36 Å². The van der Waals surface area contributed by atoms with Crippen LogP contribution in [0.3, 0.4) is 0 Å². The molecule has 0 saturated heterocycles. The van der Waals surface area contributed by atoms with Gasteiger partial charge in [-0.1, -0.05) is 0 Å². The number of hydrogen-bond acceptors (Lipinski definition) is 2. The molecule has 0 spiro atoms. The molecule has 1 saturated carbocycles. The quantitative estimate of drug-likeness (QED) is 0.898. The fourth-order valence-corrected chi connectivity index (χ4v) is 1.95. The summed E-state index contributed by atoms with van der Waals surface area (Å²) in [6, 6.07) is 4.54. The molecule has 0 amide bonds. The van der Waals surface area contributed by atoms with Crippen LogP contribution in [0.5, 0.6) is 5.75 Å². The minimum Gasteiger partial charge on any atom is -0.406 e. The molecule has 0 heterocycles. The van der Waals surface area contributed by atoms with Crippen molar-refractivity contribution in [3.05, 3.63) is 22.7 Å². The van der Waals surface area contributed by atoms with Gasteiger partial charge in [-0.2, -0.15) is 0 Å². The highest BCUT2D eigenvalue weighted by Crippen LogP contribution is 2.33. The van der Waals surface area contributed by atoms with Crippen LogP contribution in [0, 0.1) is 0 Å². The first kappa shape index (κ1) is 12.5. The van der Waals surface area contributed by atoms with Crippen LogP contribution in [-0.2, 0) is 0 Å². The van der Waals surface area contributed by atoms with Crippen molar-refractivity contribution in [2.24, 2.45) is 0 Å². The molecule has 94 valence electrons. The summed E-state index contributed by atoms with van der Waals surface area (Å²) in [5, 5.41) is 3.18. The molecule has 17 heavy (non-hydrogen) atoms. The molecule has 0 unspecified atom stereocenters. The number of nitrogens with one attached hydrogen (secondary N) is 1. The van der Waals surface area contributed by atoms with E-state index in [2.05, 4.69) is 26.0 Å². The summed E-state index contributed by atoms with van der Waals surface area (Å²) < 4.78 is 40.8. The lowest BCUT2D eigenvalue weighted by Crippen LogP contribution is -2.27. The zero-order valence-electron chi connectivity index (χ0n) is 8.85. The first-order valence-corrected chi connectivity index (χ1v) is 6.05. The number of hydrogen-bond donors (Lipinski definition) is 1. The Morgan fingerprint density at radius 1 is 1.29 bits per heavy atom. The van der Waals surface area contributed by atoms with Gasteiger partial charge < -0.3 is 10.1 Å². The predicted molar refractivity (Wildman–Crippen MR) is 62.1 cm³/mol. The van der Waals surface area contributed by atoms with Gasteiger partial charge in [0, 0.05) is 16.6 Å². The van der Waals surface area contributed by atoms with E-state index in [1.165, 1.54) is 12.1 Å². The molecule has 1 aromatic carbocycles. The van der Waals surface area contributed by atoms with Crippen molar-refractivity contribution >= 4 is 21.6 Å². The third-order valence-electron chi connectivity index (χ3n) is 2.64. The lowest BCUT2D eigenvalue weighted by atomic mass is 9.93. The molecule has 0 atom stereocenters. The van der Waals surface area contributed by atoms with Crippen LogP contribution in [-0.4, -0.2) is 12.4 Å². The van der Waals surface area contributed by atoms with Crippen LogP contribution in [0.2, 0.25) is 0 Å². The largest absolute Gasteiger partial charge is 0.573 e. The summed E-state index contributed by atoms with van der Waals surface area (Å²) in [4.78, 5) is 0. The predicted octanol–water partition coefficient (Wildman–Crippen LogP) is 4.31. The van der Waals surface area contributed by atoms with Crippen molar-refractivity contribution in [1.29, 1.82) is 0 Å². The number of benzene rings is 1. The van der Waals surface area contributed by atoms with E-state index in [1.54, 1.807) is 6.07 Å². The number of anilines is 1. The zero-order valence-corrected chi connectivity index (χ0v) is 10.4. The van der Waals surface area contributed by atoms with E-state index >= 15 is 0 Å². The second-order valence-corrected chi connectivity index (χ2v) is 4.82. The molecule has 1 aliphatic carbocycles. The van der Waals surface area contributed by atoms with Gasteiger partial charge in [-0.05, 0) is 47.3 Å². The number of rotatable bonds is 3. The van der Waals surface area contributed by atoms with Crippen LogP contribution in [0.1, 0.15) is 19.3 Å². The molecule has 1 aromatic rings. The Morgan fingerprint density at radius 3 is 2.53 bits per heavy atom. The SMILES string of the molecule is FC(F)(F)Oc1ccc(Br)c(NC2CCC2)c1. The molecule has 1 aliphatic rings. The van der Waals surface area contributed by atoms with Crippen molar-refractivity contribution in [3.63, 3.8) is 0 Å². The number of halogens is 4. The highest BCUT2D eigenvalue weighted by atomic mass is 79.9. The monoisotopic (exact) mass is 309 g/mol. The summed E-state index contributed by atoms with van der Waals surface area (Å²) in [5.74, 6) is -0.206. The smallest absolute Gasteiger partial charge is 0.406 e. The minimum atomic E-state index is -4.65. The normalized spacial score (nSPS) is 16.5. The maximum absolute atomic E-state index is 12.1. The van der Waals surface area contributed by atoms with Crippen molar-refractivity contribution in [2.45, 2.75) is 31.7 Å². The van der Waals surface area contributed by atoms with E-state index in [0.717, 1.165) is 23.7 Å². The van der Waals surface area contributed by atoms with Crippen LogP contribution in [0.4, 0.5) is 18.9 Å². The summed E-state index contributed by atoms with van der Waals surface area (Å²) in [5.41, 5.74) is 0.636. The van der Waals surface area contributed by atoms with E-state index in [1.807, 2.05) is 0 Å². The topological polar surface area (TPSA) is 21.3 Å². The van der Waals surface area contributed by atoms with Crippen molar-refractivity contribution in [1.82, 2.24) is 0 Å². The number of ether oxygens (including phenoxy) is 1. The fraction of sp³-hybridized carbons (Fsp3) is 0.455. The van der Waals surface area contributed by atoms with Crippen LogP contribution in [0.15, 0.2) is 22.7 Å². The average Bonchev–Trinajstić information content (AvgIpc) is 2.14. The lowest BCUT2D eigenvalue weighted by Gasteiger charge is -2.28. The molecule has 0 radical (unpaired) electrons. The maximum atomic E-state index is 12.1. The lowest BCUT2D eigenvalue weighted by molar-refractivity contribution is -0.274. The fourth-order valence-electron chi connectivity index (χ4n) is 1.58. The van der Waals surface area contributed by atoms with E-state index < -0.39 is 6.36 Å². The highest BCUT2D eigenvalue weighted by molar-refractivity contribution is 9.10. The summed E-state index contributed by atoms with van der Waals surface area (Å²) >= 11 is 3.29. The molecular weight excluding hydrogens is 299 g/mol. The summed E-state index contributed by atoms with van der Waals surface area (Å²) in [6.07, 6.45) is -1.39. The van der Waals surface area contributed by atoms with Gasteiger partial charge in [0.15, 0.2) is 0 Å². The van der Waals surface area contributed by atoms with Gasteiger partial charge in [0.1, 0.15) is 5.75 Å². The van der Waals surface area contributed by atoms with E-state index in [4.69, 9.17) is 0 Å².